The molecule has 0 saturated heterocycles. The molecule has 0 aliphatic rings. The van der Waals surface area contributed by atoms with E-state index in [9.17, 15) is 9.59 Å². The van der Waals surface area contributed by atoms with Gasteiger partial charge in [0.15, 0.2) is 0 Å². The SMILES string of the molecule is O=C(O)c1ccc(/C=C(\Cl)c2cc(=O)n3cc(Br)ccc3n2)cc1. The number of halogens is 2. The van der Waals surface area contributed by atoms with Crippen LogP contribution < -0.4 is 5.56 Å². The van der Waals surface area contributed by atoms with Crippen molar-refractivity contribution in [3.63, 3.8) is 0 Å². The van der Waals surface area contributed by atoms with Crippen LogP contribution in [0.5, 0.6) is 0 Å². The van der Waals surface area contributed by atoms with Gasteiger partial charge in [-0.3, -0.25) is 9.20 Å². The van der Waals surface area contributed by atoms with Gasteiger partial charge in [0.25, 0.3) is 5.56 Å². The van der Waals surface area contributed by atoms with Crippen molar-refractivity contribution in [2.24, 2.45) is 0 Å². The van der Waals surface area contributed by atoms with Crippen molar-refractivity contribution in [2.45, 2.75) is 0 Å². The molecule has 0 atom stereocenters. The van der Waals surface area contributed by atoms with E-state index < -0.39 is 5.97 Å². The number of fused-ring (bicyclic) bond motifs is 1. The molecule has 0 aliphatic carbocycles. The Kier molecular flexibility index (Phi) is 4.51. The molecular formula is C17H10BrClN2O3. The van der Waals surface area contributed by atoms with Gasteiger partial charge in [-0.2, -0.15) is 0 Å². The average Bonchev–Trinajstić information content (AvgIpc) is 2.55. The molecule has 24 heavy (non-hydrogen) atoms. The predicted octanol–water partition coefficient (Wildman–Crippen LogP) is 3.89. The molecule has 0 aliphatic heterocycles. The Morgan fingerprint density at radius 3 is 2.58 bits per heavy atom. The summed E-state index contributed by atoms with van der Waals surface area (Å²) in [6, 6.07) is 11.1. The minimum absolute atomic E-state index is 0.191. The van der Waals surface area contributed by atoms with Crippen LogP contribution >= 0.6 is 27.5 Å². The summed E-state index contributed by atoms with van der Waals surface area (Å²) in [5.41, 5.74) is 1.49. The number of aromatic carboxylic acids is 1. The first kappa shape index (κ1) is 16.4. The highest BCUT2D eigenvalue weighted by Crippen LogP contribution is 2.21. The van der Waals surface area contributed by atoms with Crippen LogP contribution in [0.3, 0.4) is 0 Å². The van der Waals surface area contributed by atoms with Crippen molar-refractivity contribution in [3.05, 3.63) is 80.3 Å². The van der Waals surface area contributed by atoms with Gasteiger partial charge in [-0.25, -0.2) is 9.78 Å². The van der Waals surface area contributed by atoms with E-state index in [1.54, 1.807) is 36.5 Å². The van der Waals surface area contributed by atoms with Crippen LogP contribution in [0.25, 0.3) is 16.8 Å². The lowest BCUT2D eigenvalue weighted by Gasteiger charge is -2.04. The smallest absolute Gasteiger partial charge is 0.335 e. The number of hydrogen-bond donors (Lipinski definition) is 1. The molecule has 120 valence electrons. The number of pyridine rings is 1. The molecule has 1 aromatic carbocycles. The molecule has 0 amide bonds. The normalized spacial score (nSPS) is 11.7. The molecule has 3 rings (SSSR count). The fraction of sp³-hybridized carbons (Fsp3) is 0. The first-order chi connectivity index (χ1) is 11.4. The van der Waals surface area contributed by atoms with Crippen molar-refractivity contribution < 1.29 is 9.90 Å². The van der Waals surface area contributed by atoms with Gasteiger partial charge in [0.05, 0.1) is 16.3 Å². The van der Waals surface area contributed by atoms with Gasteiger partial charge in [-0.1, -0.05) is 23.7 Å². The van der Waals surface area contributed by atoms with Crippen molar-refractivity contribution in [1.82, 2.24) is 9.38 Å². The summed E-state index contributed by atoms with van der Waals surface area (Å²) in [6.45, 7) is 0. The zero-order valence-electron chi connectivity index (χ0n) is 12.1. The maximum Gasteiger partial charge on any atom is 0.335 e. The molecule has 0 spiro atoms. The zero-order valence-corrected chi connectivity index (χ0v) is 14.5. The number of rotatable bonds is 3. The molecule has 5 nitrogen and oxygen atoms in total. The summed E-state index contributed by atoms with van der Waals surface area (Å²) in [4.78, 5) is 27.4. The van der Waals surface area contributed by atoms with E-state index in [4.69, 9.17) is 16.7 Å². The minimum Gasteiger partial charge on any atom is -0.478 e. The molecule has 0 bridgehead atoms. The molecule has 3 aromatic rings. The Morgan fingerprint density at radius 2 is 1.92 bits per heavy atom. The Bertz CT molecular complexity index is 1030. The highest BCUT2D eigenvalue weighted by Gasteiger charge is 2.07. The maximum absolute atomic E-state index is 12.2. The lowest BCUT2D eigenvalue weighted by Crippen LogP contribution is -2.14. The second-order valence-electron chi connectivity index (χ2n) is 4.97. The largest absolute Gasteiger partial charge is 0.478 e. The average molecular weight is 406 g/mol. The molecule has 7 heteroatoms. The van der Waals surface area contributed by atoms with Gasteiger partial charge in [-0.15, -0.1) is 0 Å². The molecule has 0 fully saturated rings. The summed E-state index contributed by atoms with van der Waals surface area (Å²) < 4.78 is 2.19. The van der Waals surface area contributed by atoms with E-state index in [0.29, 0.717) is 21.9 Å². The Balaban J connectivity index is 2.01. The monoisotopic (exact) mass is 404 g/mol. The van der Waals surface area contributed by atoms with Crippen molar-refractivity contribution >= 4 is 50.3 Å². The third-order valence-corrected chi connectivity index (χ3v) is 4.09. The van der Waals surface area contributed by atoms with Gasteiger partial charge in [0.1, 0.15) is 5.65 Å². The van der Waals surface area contributed by atoms with E-state index in [-0.39, 0.29) is 11.1 Å². The Morgan fingerprint density at radius 1 is 1.21 bits per heavy atom. The molecular weight excluding hydrogens is 396 g/mol. The van der Waals surface area contributed by atoms with Crippen molar-refractivity contribution in [1.29, 1.82) is 0 Å². The topological polar surface area (TPSA) is 71.7 Å². The summed E-state index contributed by atoms with van der Waals surface area (Å²) in [6.07, 6.45) is 3.26. The molecule has 2 heterocycles. The second kappa shape index (κ2) is 6.59. The molecule has 0 radical (unpaired) electrons. The van der Waals surface area contributed by atoms with Crippen LogP contribution in [0.1, 0.15) is 21.6 Å². The van der Waals surface area contributed by atoms with Gasteiger partial charge in [0.2, 0.25) is 0 Å². The summed E-state index contributed by atoms with van der Waals surface area (Å²) in [7, 11) is 0. The fourth-order valence-corrected chi connectivity index (χ4v) is 2.70. The van der Waals surface area contributed by atoms with E-state index in [1.807, 2.05) is 0 Å². The van der Waals surface area contributed by atoms with E-state index >= 15 is 0 Å². The summed E-state index contributed by atoms with van der Waals surface area (Å²) in [5, 5.41) is 9.19. The first-order valence-electron chi connectivity index (χ1n) is 6.84. The third-order valence-electron chi connectivity index (χ3n) is 3.32. The highest BCUT2D eigenvalue weighted by molar-refractivity contribution is 9.10. The molecule has 2 aromatic heterocycles. The van der Waals surface area contributed by atoms with Crippen molar-refractivity contribution in [2.75, 3.05) is 0 Å². The van der Waals surface area contributed by atoms with E-state index in [1.165, 1.54) is 22.6 Å². The van der Waals surface area contributed by atoms with Crippen LogP contribution in [0.4, 0.5) is 0 Å². The second-order valence-corrected chi connectivity index (χ2v) is 6.30. The number of hydrogen-bond acceptors (Lipinski definition) is 3. The summed E-state index contributed by atoms with van der Waals surface area (Å²) in [5.74, 6) is -0.994. The summed E-state index contributed by atoms with van der Waals surface area (Å²) >= 11 is 9.58. The number of nitrogens with zero attached hydrogens (tertiary/aromatic N) is 2. The van der Waals surface area contributed by atoms with Gasteiger partial charge in [0, 0.05) is 16.7 Å². The molecule has 0 unspecified atom stereocenters. The van der Waals surface area contributed by atoms with E-state index in [2.05, 4.69) is 20.9 Å². The van der Waals surface area contributed by atoms with Crippen LogP contribution in [-0.2, 0) is 0 Å². The van der Waals surface area contributed by atoms with Gasteiger partial charge < -0.3 is 5.11 Å². The van der Waals surface area contributed by atoms with Crippen molar-refractivity contribution in [3.8, 4) is 0 Å². The maximum atomic E-state index is 12.2. The standard InChI is InChI=1S/C17H10BrClN2O3/c18-12-5-6-15-20-14(8-16(22)21(15)9-12)13(19)7-10-1-3-11(4-2-10)17(23)24/h1-9H,(H,23,24)/b13-7-. The number of aromatic nitrogens is 2. The highest BCUT2D eigenvalue weighted by atomic mass is 79.9. The number of carboxylic acid groups (broad SMARTS) is 1. The lowest BCUT2D eigenvalue weighted by molar-refractivity contribution is 0.0697. The Hall–Kier alpha value is -2.44. The van der Waals surface area contributed by atoms with Crippen LogP contribution in [0, 0.1) is 0 Å². The Labute approximate surface area is 150 Å². The van der Waals surface area contributed by atoms with Crippen LogP contribution in [-0.4, -0.2) is 20.5 Å². The van der Waals surface area contributed by atoms with E-state index in [0.717, 1.165) is 4.47 Å². The molecule has 0 saturated carbocycles. The fourth-order valence-electron chi connectivity index (χ4n) is 2.14. The van der Waals surface area contributed by atoms with Crippen LogP contribution in [0.15, 0.2) is 57.9 Å². The van der Waals surface area contributed by atoms with Crippen LogP contribution in [0.2, 0.25) is 0 Å². The predicted molar refractivity (Wildman–Crippen MR) is 96.3 cm³/mol. The number of benzene rings is 1. The van der Waals surface area contributed by atoms with Gasteiger partial charge >= 0.3 is 5.97 Å². The quantitative estimate of drug-likeness (QED) is 0.717. The molecule has 1 N–H and O–H groups in total. The number of carboxylic acids is 1. The number of carbonyl (C=O) groups is 1. The first-order valence-corrected chi connectivity index (χ1v) is 8.01. The third kappa shape index (κ3) is 3.39. The lowest BCUT2D eigenvalue weighted by atomic mass is 10.1. The van der Waals surface area contributed by atoms with Gasteiger partial charge in [-0.05, 0) is 51.8 Å². The minimum atomic E-state index is -0.994. The zero-order chi connectivity index (χ0) is 17.3.